The van der Waals surface area contributed by atoms with Crippen LogP contribution in [0.15, 0.2) is 82.6 Å². The first-order valence-electron chi connectivity index (χ1n) is 11.7. The minimum absolute atomic E-state index is 0.149. The van der Waals surface area contributed by atoms with E-state index in [9.17, 15) is 21.6 Å². The van der Waals surface area contributed by atoms with Crippen LogP contribution in [0, 0.1) is 27.7 Å². The minimum Gasteiger partial charge on any atom is -0.378 e. The summed E-state index contributed by atoms with van der Waals surface area (Å²) in [5.41, 5.74) is 3.97. The summed E-state index contributed by atoms with van der Waals surface area (Å²) in [6.45, 7) is 6.99. The van der Waals surface area contributed by atoms with Crippen molar-refractivity contribution in [2.45, 2.75) is 37.5 Å². The molecule has 1 aliphatic carbocycles. The summed E-state index contributed by atoms with van der Waals surface area (Å²) in [5.74, 6) is -0.00839. The van der Waals surface area contributed by atoms with Gasteiger partial charge in [-0.25, -0.2) is 0 Å². The lowest BCUT2D eigenvalue weighted by Crippen LogP contribution is -2.12. The van der Waals surface area contributed by atoms with E-state index in [4.69, 9.17) is 8.37 Å². The molecule has 0 aliphatic heterocycles. The average Bonchev–Trinajstić information content (AvgIpc) is 3.15. The van der Waals surface area contributed by atoms with Crippen molar-refractivity contribution >= 4 is 26.0 Å². The van der Waals surface area contributed by atoms with E-state index in [0.29, 0.717) is 33.4 Å². The summed E-state index contributed by atoms with van der Waals surface area (Å²) >= 11 is 0. The molecule has 0 saturated carbocycles. The highest BCUT2D eigenvalue weighted by Gasteiger charge is 2.32. The molecule has 0 spiro atoms. The van der Waals surface area contributed by atoms with E-state index in [0.717, 1.165) is 0 Å². The van der Waals surface area contributed by atoms with Gasteiger partial charge in [-0.1, -0.05) is 48.5 Å². The lowest BCUT2D eigenvalue weighted by Gasteiger charge is -2.12. The first kappa shape index (κ1) is 25.7. The van der Waals surface area contributed by atoms with Crippen LogP contribution in [0.25, 0.3) is 11.1 Å². The summed E-state index contributed by atoms with van der Waals surface area (Å²) in [7, 11) is -8.47. The average molecular weight is 549 g/mol. The number of carbonyl (C=O) groups excluding carboxylic acids is 1. The number of aryl methyl sites for hydroxylation is 4. The van der Waals surface area contributed by atoms with Crippen molar-refractivity contribution in [2.75, 3.05) is 0 Å². The zero-order valence-corrected chi connectivity index (χ0v) is 22.7. The van der Waals surface area contributed by atoms with Gasteiger partial charge in [0.1, 0.15) is 21.3 Å². The highest BCUT2D eigenvalue weighted by atomic mass is 32.2. The Hall–Kier alpha value is -3.95. The third-order valence-corrected chi connectivity index (χ3v) is 8.98. The lowest BCUT2D eigenvalue weighted by atomic mass is 10.1. The Morgan fingerprint density at radius 1 is 0.500 bits per heavy atom. The number of fused-ring (bicyclic) bond motifs is 3. The largest absolute Gasteiger partial charge is 0.378 e. The summed E-state index contributed by atoms with van der Waals surface area (Å²) in [6.07, 6.45) is 0. The number of carbonyl (C=O) groups is 1. The Labute approximate surface area is 221 Å². The van der Waals surface area contributed by atoms with Gasteiger partial charge in [0, 0.05) is 11.1 Å². The highest BCUT2D eigenvalue weighted by Crippen LogP contribution is 2.39. The quantitative estimate of drug-likeness (QED) is 0.252. The molecule has 1 aliphatic rings. The van der Waals surface area contributed by atoms with E-state index in [1.807, 2.05) is 0 Å². The van der Waals surface area contributed by atoms with Gasteiger partial charge in [-0.05, 0) is 85.3 Å². The zero-order chi connectivity index (χ0) is 27.4. The van der Waals surface area contributed by atoms with E-state index in [1.165, 1.54) is 36.4 Å². The standard InChI is InChI=1S/C29H24O7S2/c1-17-7-5-8-18(2)28(17)35-37(31,32)21-11-13-23-24-14-12-22(16-26(24)27(30)25(23)15-21)38(33,34)36-29-19(3)9-6-10-20(29)4/h5-16H,1-4H3. The molecule has 5 rings (SSSR count). The van der Waals surface area contributed by atoms with Crippen molar-refractivity contribution in [3.8, 4) is 22.6 Å². The number of rotatable bonds is 6. The van der Waals surface area contributed by atoms with Crippen molar-refractivity contribution in [1.82, 2.24) is 0 Å². The Balaban J connectivity index is 1.49. The van der Waals surface area contributed by atoms with E-state index < -0.39 is 26.0 Å². The third-order valence-electron chi connectivity index (χ3n) is 6.54. The molecule has 194 valence electrons. The number of ketones is 1. The molecule has 38 heavy (non-hydrogen) atoms. The molecule has 4 aromatic carbocycles. The Morgan fingerprint density at radius 2 is 0.842 bits per heavy atom. The maximum Gasteiger partial charge on any atom is 0.339 e. The molecule has 0 radical (unpaired) electrons. The van der Waals surface area contributed by atoms with Crippen molar-refractivity contribution in [3.63, 3.8) is 0 Å². The molecule has 0 amide bonds. The van der Waals surface area contributed by atoms with Crippen LogP contribution in [0.4, 0.5) is 0 Å². The predicted molar refractivity (Wildman–Crippen MR) is 143 cm³/mol. The van der Waals surface area contributed by atoms with Crippen LogP contribution in [0.3, 0.4) is 0 Å². The summed E-state index contributed by atoms with van der Waals surface area (Å²) in [6, 6.07) is 18.9. The van der Waals surface area contributed by atoms with Gasteiger partial charge in [-0.2, -0.15) is 16.8 Å². The Morgan fingerprint density at radius 3 is 1.18 bits per heavy atom. The Bertz CT molecular complexity index is 1680. The second-order valence-electron chi connectivity index (χ2n) is 9.26. The van der Waals surface area contributed by atoms with Crippen molar-refractivity contribution in [3.05, 3.63) is 106 Å². The summed E-state index contributed by atoms with van der Waals surface area (Å²) < 4.78 is 63.1. The van der Waals surface area contributed by atoms with Gasteiger partial charge >= 0.3 is 20.2 Å². The van der Waals surface area contributed by atoms with Gasteiger partial charge in [0.2, 0.25) is 0 Å². The fourth-order valence-electron chi connectivity index (χ4n) is 4.53. The number of hydrogen-bond acceptors (Lipinski definition) is 7. The molecule has 0 aromatic heterocycles. The number of hydrogen-bond donors (Lipinski definition) is 0. The second kappa shape index (κ2) is 9.11. The van der Waals surface area contributed by atoms with E-state index in [-0.39, 0.29) is 32.4 Å². The third kappa shape index (κ3) is 4.37. The van der Waals surface area contributed by atoms with Gasteiger partial charge in [0.25, 0.3) is 0 Å². The lowest BCUT2D eigenvalue weighted by molar-refractivity contribution is 0.104. The minimum atomic E-state index is -4.23. The van der Waals surface area contributed by atoms with E-state index >= 15 is 0 Å². The molecular formula is C29H24O7S2. The predicted octanol–water partition coefficient (Wildman–Crippen LogP) is 5.67. The van der Waals surface area contributed by atoms with Gasteiger partial charge in [-0.15, -0.1) is 0 Å². The molecule has 7 nitrogen and oxygen atoms in total. The zero-order valence-electron chi connectivity index (χ0n) is 21.1. The topological polar surface area (TPSA) is 104 Å². The van der Waals surface area contributed by atoms with Crippen LogP contribution in [0.1, 0.15) is 38.2 Å². The molecule has 9 heteroatoms. The molecule has 0 heterocycles. The second-order valence-corrected chi connectivity index (χ2v) is 12.4. The SMILES string of the molecule is Cc1cccc(C)c1OS(=O)(=O)c1ccc2c(c1)C(=O)c1cc(S(=O)(=O)Oc3c(C)cccc3C)ccc1-2. The van der Waals surface area contributed by atoms with Crippen LogP contribution in [-0.4, -0.2) is 22.6 Å². The summed E-state index contributed by atoms with van der Waals surface area (Å²) in [5, 5.41) is 0. The molecular weight excluding hydrogens is 524 g/mol. The van der Waals surface area contributed by atoms with Crippen molar-refractivity contribution in [1.29, 1.82) is 0 Å². The monoisotopic (exact) mass is 548 g/mol. The molecule has 0 saturated heterocycles. The first-order valence-corrected chi connectivity index (χ1v) is 14.6. The number of benzene rings is 4. The molecule has 4 aromatic rings. The molecule has 0 atom stereocenters. The van der Waals surface area contributed by atoms with Gasteiger partial charge < -0.3 is 8.37 Å². The van der Waals surface area contributed by atoms with Crippen LogP contribution in [-0.2, 0) is 20.2 Å². The van der Waals surface area contributed by atoms with Crippen molar-refractivity contribution in [2.24, 2.45) is 0 Å². The van der Waals surface area contributed by atoms with Crippen LogP contribution >= 0.6 is 0 Å². The van der Waals surface area contributed by atoms with Gasteiger partial charge in [-0.3, -0.25) is 4.79 Å². The smallest absolute Gasteiger partial charge is 0.339 e. The number of para-hydroxylation sites is 2. The fourth-order valence-corrected chi connectivity index (χ4v) is 6.68. The van der Waals surface area contributed by atoms with Crippen LogP contribution in [0.2, 0.25) is 0 Å². The normalized spacial score (nSPS) is 12.7. The van der Waals surface area contributed by atoms with E-state index in [1.54, 1.807) is 64.1 Å². The van der Waals surface area contributed by atoms with Gasteiger partial charge in [0.05, 0.1) is 0 Å². The van der Waals surface area contributed by atoms with Crippen LogP contribution < -0.4 is 8.37 Å². The molecule has 0 bridgehead atoms. The van der Waals surface area contributed by atoms with Crippen molar-refractivity contribution < 1.29 is 30.0 Å². The molecule has 0 unspecified atom stereocenters. The Kier molecular flexibility index (Phi) is 6.16. The maximum atomic E-state index is 13.3. The summed E-state index contributed by atoms with van der Waals surface area (Å²) in [4.78, 5) is 13.0. The highest BCUT2D eigenvalue weighted by molar-refractivity contribution is 7.87. The van der Waals surface area contributed by atoms with Gasteiger partial charge in [0.15, 0.2) is 5.78 Å². The first-order chi connectivity index (χ1) is 17.9. The molecule has 0 fully saturated rings. The van der Waals surface area contributed by atoms with E-state index in [2.05, 4.69) is 0 Å². The maximum absolute atomic E-state index is 13.3. The molecule has 0 N–H and O–H groups in total. The fraction of sp³-hybridized carbons (Fsp3) is 0.138. The van der Waals surface area contributed by atoms with Crippen LogP contribution in [0.5, 0.6) is 11.5 Å².